The normalized spacial score (nSPS) is 18.4. The van der Waals surface area contributed by atoms with Gasteiger partial charge in [0, 0.05) is 38.0 Å². The van der Waals surface area contributed by atoms with Gasteiger partial charge in [0.2, 0.25) is 0 Å². The lowest BCUT2D eigenvalue weighted by molar-refractivity contribution is 0.0615. The zero-order chi connectivity index (χ0) is 16.6. The summed E-state index contributed by atoms with van der Waals surface area (Å²) in [6.45, 7) is 5.40. The number of amides is 1. The summed E-state index contributed by atoms with van der Waals surface area (Å²) in [4.78, 5) is 14.4. The van der Waals surface area contributed by atoms with Gasteiger partial charge in [-0.1, -0.05) is 0 Å². The first-order chi connectivity index (χ1) is 11.0. The fourth-order valence-electron chi connectivity index (χ4n) is 3.27. The smallest absolute Gasteiger partial charge is 0.271 e. The molecule has 2 aromatic heterocycles. The number of nitrogens with zero attached hydrogens (tertiary/aromatic N) is 4. The van der Waals surface area contributed by atoms with Gasteiger partial charge in [-0.25, -0.2) is 0 Å². The Balaban J connectivity index is 1.83. The molecule has 0 aromatic carbocycles. The van der Waals surface area contributed by atoms with Crippen molar-refractivity contribution in [2.75, 3.05) is 19.7 Å². The lowest BCUT2D eigenvalue weighted by atomic mass is 9.99. The molecule has 1 fully saturated rings. The second-order valence-corrected chi connectivity index (χ2v) is 6.28. The van der Waals surface area contributed by atoms with E-state index in [1.54, 1.807) is 11.0 Å². The Bertz CT molecular complexity index is 718. The van der Waals surface area contributed by atoms with Crippen LogP contribution in [-0.4, -0.2) is 55.6 Å². The second kappa shape index (κ2) is 6.16. The fourth-order valence-corrected chi connectivity index (χ4v) is 3.27. The number of H-pyrrole nitrogens is 1. The summed E-state index contributed by atoms with van der Waals surface area (Å²) >= 11 is 0. The van der Waals surface area contributed by atoms with Crippen molar-refractivity contribution in [2.24, 2.45) is 13.0 Å². The summed E-state index contributed by atoms with van der Waals surface area (Å²) in [7, 11) is 1.90. The molecular weight excluding hydrogens is 294 g/mol. The van der Waals surface area contributed by atoms with E-state index in [9.17, 15) is 9.90 Å². The van der Waals surface area contributed by atoms with Crippen molar-refractivity contribution in [2.45, 2.75) is 26.7 Å². The Hall–Kier alpha value is -2.15. The van der Waals surface area contributed by atoms with Gasteiger partial charge in [-0.3, -0.25) is 14.6 Å². The van der Waals surface area contributed by atoms with E-state index in [2.05, 4.69) is 15.3 Å². The molecule has 3 rings (SSSR count). The molecule has 2 aromatic rings. The van der Waals surface area contributed by atoms with Crippen LogP contribution >= 0.6 is 0 Å². The van der Waals surface area contributed by atoms with Crippen LogP contribution in [0.5, 0.6) is 0 Å². The number of rotatable bonds is 3. The highest BCUT2D eigenvalue weighted by molar-refractivity contribution is 5.93. The molecule has 23 heavy (non-hydrogen) atoms. The molecule has 1 atom stereocenters. The number of piperidine rings is 1. The third kappa shape index (κ3) is 2.88. The molecule has 1 unspecified atom stereocenters. The van der Waals surface area contributed by atoms with Crippen LogP contribution in [0.4, 0.5) is 0 Å². The van der Waals surface area contributed by atoms with Crippen molar-refractivity contribution in [3.8, 4) is 11.3 Å². The van der Waals surface area contributed by atoms with E-state index in [-0.39, 0.29) is 18.4 Å². The number of aryl methyl sites for hydroxylation is 2. The Morgan fingerprint density at radius 1 is 1.48 bits per heavy atom. The minimum absolute atomic E-state index is 0.0545. The highest BCUT2D eigenvalue weighted by Crippen LogP contribution is 2.26. The zero-order valence-corrected chi connectivity index (χ0v) is 13.8. The molecule has 0 bridgehead atoms. The largest absolute Gasteiger partial charge is 0.396 e. The minimum Gasteiger partial charge on any atom is -0.396 e. The molecule has 124 valence electrons. The number of aromatic nitrogens is 4. The van der Waals surface area contributed by atoms with Crippen LogP contribution in [0.3, 0.4) is 0 Å². The number of nitrogens with one attached hydrogen (secondary N) is 1. The molecule has 7 heteroatoms. The van der Waals surface area contributed by atoms with Gasteiger partial charge in [0.1, 0.15) is 5.69 Å². The van der Waals surface area contributed by atoms with Gasteiger partial charge in [-0.05, 0) is 38.7 Å². The molecule has 1 aliphatic rings. The summed E-state index contributed by atoms with van der Waals surface area (Å²) in [6.07, 6.45) is 1.90. The quantitative estimate of drug-likeness (QED) is 0.892. The highest BCUT2D eigenvalue weighted by atomic mass is 16.3. The van der Waals surface area contributed by atoms with E-state index in [1.807, 2.05) is 25.6 Å². The van der Waals surface area contributed by atoms with Crippen LogP contribution in [0.25, 0.3) is 11.3 Å². The molecule has 0 spiro atoms. The number of carbonyl (C=O) groups excluding carboxylic acids is 1. The molecule has 3 heterocycles. The average Bonchev–Trinajstić information content (AvgIpc) is 3.12. The third-order valence-electron chi connectivity index (χ3n) is 4.64. The standard InChI is InChI=1S/C16H23N5O2/c1-10-15(11(2)20(3)19-10)13-7-14(18-17-13)16(23)21-6-4-5-12(8-21)9-22/h7,12,22H,4-6,8-9H2,1-3H3,(H,17,18). The van der Waals surface area contributed by atoms with Crippen molar-refractivity contribution in [1.29, 1.82) is 0 Å². The molecule has 1 aliphatic heterocycles. The minimum atomic E-state index is -0.0545. The highest BCUT2D eigenvalue weighted by Gasteiger charge is 2.26. The van der Waals surface area contributed by atoms with Gasteiger partial charge in [-0.2, -0.15) is 10.2 Å². The molecule has 0 radical (unpaired) electrons. The van der Waals surface area contributed by atoms with Gasteiger partial charge in [0.25, 0.3) is 5.91 Å². The summed E-state index contributed by atoms with van der Waals surface area (Å²) < 4.78 is 1.82. The predicted molar refractivity (Wildman–Crippen MR) is 86.0 cm³/mol. The van der Waals surface area contributed by atoms with Crippen LogP contribution in [0.2, 0.25) is 0 Å². The Morgan fingerprint density at radius 3 is 2.91 bits per heavy atom. The summed E-state index contributed by atoms with van der Waals surface area (Å²) in [5.41, 5.74) is 4.11. The lowest BCUT2D eigenvalue weighted by Crippen LogP contribution is -2.41. The van der Waals surface area contributed by atoms with Crippen LogP contribution in [0.1, 0.15) is 34.7 Å². The van der Waals surface area contributed by atoms with Crippen molar-refractivity contribution in [3.63, 3.8) is 0 Å². The van der Waals surface area contributed by atoms with Gasteiger partial charge < -0.3 is 10.0 Å². The second-order valence-electron chi connectivity index (χ2n) is 6.28. The van der Waals surface area contributed by atoms with Crippen LogP contribution in [0, 0.1) is 19.8 Å². The van der Waals surface area contributed by atoms with E-state index in [4.69, 9.17) is 0 Å². The molecule has 7 nitrogen and oxygen atoms in total. The topological polar surface area (TPSA) is 87.0 Å². The SMILES string of the molecule is Cc1nn(C)c(C)c1-c1cc(C(=O)N2CCCC(CO)C2)[nH]n1. The first-order valence-electron chi connectivity index (χ1n) is 7.97. The maximum absolute atomic E-state index is 12.6. The number of hydrogen-bond donors (Lipinski definition) is 2. The van der Waals surface area contributed by atoms with Crippen LogP contribution < -0.4 is 0 Å². The van der Waals surface area contributed by atoms with Gasteiger partial charge in [0.05, 0.1) is 11.4 Å². The Labute approximate surface area is 135 Å². The van der Waals surface area contributed by atoms with Crippen molar-refractivity contribution >= 4 is 5.91 Å². The summed E-state index contributed by atoms with van der Waals surface area (Å²) in [6, 6.07) is 1.79. The monoisotopic (exact) mass is 317 g/mol. The lowest BCUT2D eigenvalue weighted by Gasteiger charge is -2.31. The summed E-state index contributed by atoms with van der Waals surface area (Å²) in [5, 5.41) is 20.9. The van der Waals surface area contributed by atoms with Crippen molar-refractivity contribution in [1.82, 2.24) is 24.9 Å². The fraction of sp³-hybridized carbons (Fsp3) is 0.562. The maximum atomic E-state index is 12.6. The van der Waals surface area contributed by atoms with E-state index < -0.39 is 0 Å². The predicted octanol–water partition coefficient (Wildman–Crippen LogP) is 1.27. The van der Waals surface area contributed by atoms with E-state index in [0.29, 0.717) is 12.2 Å². The molecule has 1 amide bonds. The van der Waals surface area contributed by atoms with E-state index >= 15 is 0 Å². The first kappa shape index (κ1) is 15.7. The first-order valence-corrected chi connectivity index (χ1v) is 7.97. The molecule has 0 saturated carbocycles. The Morgan fingerprint density at radius 2 is 2.26 bits per heavy atom. The number of aliphatic hydroxyl groups excluding tert-OH is 1. The number of likely N-dealkylation sites (tertiary alicyclic amines) is 1. The van der Waals surface area contributed by atoms with Crippen LogP contribution in [0.15, 0.2) is 6.07 Å². The van der Waals surface area contributed by atoms with E-state index in [0.717, 1.165) is 42.0 Å². The number of aliphatic hydroxyl groups is 1. The van der Waals surface area contributed by atoms with Crippen LogP contribution in [-0.2, 0) is 7.05 Å². The van der Waals surface area contributed by atoms with Gasteiger partial charge >= 0.3 is 0 Å². The number of carbonyl (C=O) groups is 1. The average molecular weight is 317 g/mol. The van der Waals surface area contributed by atoms with E-state index in [1.165, 1.54) is 0 Å². The zero-order valence-electron chi connectivity index (χ0n) is 13.8. The molecule has 2 N–H and O–H groups in total. The third-order valence-corrected chi connectivity index (χ3v) is 4.64. The maximum Gasteiger partial charge on any atom is 0.271 e. The molecule has 1 saturated heterocycles. The Kier molecular flexibility index (Phi) is 4.21. The van der Waals surface area contributed by atoms with Gasteiger partial charge in [0.15, 0.2) is 0 Å². The van der Waals surface area contributed by atoms with Crippen molar-refractivity contribution in [3.05, 3.63) is 23.1 Å². The van der Waals surface area contributed by atoms with Gasteiger partial charge in [-0.15, -0.1) is 0 Å². The number of hydrogen-bond acceptors (Lipinski definition) is 4. The molecular formula is C16H23N5O2. The molecule has 0 aliphatic carbocycles. The summed E-state index contributed by atoms with van der Waals surface area (Å²) in [5.74, 6) is 0.124. The number of aromatic amines is 1. The van der Waals surface area contributed by atoms with Crippen molar-refractivity contribution < 1.29 is 9.90 Å².